The number of halogens is 1. The Kier molecular flexibility index (Phi) is 2.73. The molecule has 0 N–H and O–H groups in total. The smallest absolute Gasteiger partial charge is 0.215 e. The minimum absolute atomic E-state index is 0.571. The van der Waals surface area contributed by atoms with Crippen LogP contribution in [0.4, 0.5) is 0 Å². The van der Waals surface area contributed by atoms with Crippen LogP contribution in [0.2, 0.25) is 0 Å². The molecule has 0 aliphatic rings. The van der Waals surface area contributed by atoms with Crippen LogP contribution < -0.4 is 4.74 Å². The number of nitrogens with zero attached hydrogens (tertiary/aromatic N) is 3. The third-order valence-electron chi connectivity index (χ3n) is 1.99. The molecular formula is C10H10BrN3O. The fourth-order valence-corrected chi connectivity index (χ4v) is 1.64. The molecule has 0 aliphatic heterocycles. The van der Waals surface area contributed by atoms with Crippen LogP contribution in [0, 0.1) is 6.92 Å². The molecule has 0 amide bonds. The normalized spacial score (nSPS) is 10.3. The summed E-state index contributed by atoms with van der Waals surface area (Å²) in [7, 11) is 1.59. The molecule has 0 unspecified atom stereocenters. The minimum Gasteiger partial charge on any atom is -0.481 e. The summed E-state index contributed by atoms with van der Waals surface area (Å²) in [5.41, 5.74) is 1.88. The molecule has 0 atom stereocenters. The van der Waals surface area contributed by atoms with Gasteiger partial charge in [-0.3, -0.25) is 0 Å². The highest BCUT2D eigenvalue weighted by molar-refractivity contribution is 9.10. The molecule has 2 aromatic rings. The Morgan fingerprint density at radius 3 is 2.87 bits per heavy atom. The molecule has 0 aliphatic carbocycles. The predicted octanol–water partition coefficient (Wildman–Crippen LogP) is 2.35. The van der Waals surface area contributed by atoms with E-state index in [9.17, 15) is 0 Å². The van der Waals surface area contributed by atoms with Crippen molar-refractivity contribution in [1.82, 2.24) is 14.8 Å². The van der Waals surface area contributed by atoms with Crippen molar-refractivity contribution in [2.24, 2.45) is 0 Å². The van der Waals surface area contributed by atoms with Crippen LogP contribution in [0.25, 0.3) is 5.69 Å². The third kappa shape index (κ3) is 2.02. The van der Waals surface area contributed by atoms with Crippen molar-refractivity contribution < 1.29 is 4.74 Å². The Bertz CT molecular complexity index is 481. The van der Waals surface area contributed by atoms with E-state index in [-0.39, 0.29) is 0 Å². The van der Waals surface area contributed by atoms with E-state index in [1.165, 1.54) is 0 Å². The van der Waals surface area contributed by atoms with Crippen LogP contribution in [-0.2, 0) is 0 Å². The molecule has 2 heterocycles. The monoisotopic (exact) mass is 267 g/mol. The van der Waals surface area contributed by atoms with Crippen LogP contribution in [0.5, 0.6) is 5.88 Å². The number of hydrogen-bond donors (Lipinski definition) is 0. The zero-order chi connectivity index (χ0) is 10.8. The molecule has 0 saturated heterocycles. The highest BCUT2D eigenvalue weighted by Crippen LogP contribution is 2.23. The van der Waals surface area contributed by atoms with Crippen molar-refractivity contribution in [3.8, 4) is 11.6 Å². The first-order valence-electron chi connectivity index (χ1n) is 4.43. The Labute approximate surface area is 96.0 Å². The van der Waals surface area contributed by atoms with Crippen LogP contribution in [0.3, 0.4) is 0 Å². The number of rotatable bonds is 2. The lowest BCUT2D eigenvalue weighted by atomic mass is 10.4. The summed E-state index contributed by atoms with van der Waals surface area (Å²) in [5.74, 6) is 0.571. The lowest BCUT2D eigenvalue weighted by Gasteiger charge is -2.05. The van der Waals surface area contributed by atoms with Gasteiger partial charge < -0.3 is 4.74 Å². The Morgan fingerprint density at radius 2 is 2.27 bits per heavy atom. The van der Waals surface area contributed by atoms with E-state index < -0.39 is 0 Å². The maximum absolute atomic E-state index is 5.07. The second-order valence-corrected chi connectivity index (χ2v) is 3.93. The van der Waals surface area contributed by atoms with Gasteiger partial charge in [-0.05, 0) is 28.9 Å². The van der Waals surface area contributed by atoms with E-state index in [1.54, 1.807) is 18.0 Å². The molecule has 0 spiro atoms. The molecule has 4 nitrogen and oxygen atoms in total. The largest absolute Gasteiger partial charge is 0.481 e. The summed E-state index contributed by atoms with van der Waals surface area (Å²) < 4.78 is 7.73. The summed E-state index contributed by atoms with van der Waals surface area (Å²) in [5, 5.41) is 4.32. The summed E-state index contributed by atoms with van der Waals surface area (Å²) in [4.78, 5) is 4.08. The molecule has 5 heteroatoms. The Hall–Kier alpha value is -1.36. The van der Waals surface area contributed by atoms with Gasteiger partial charge in [0.2, 0.25) is 5.88 Å². The van der Waals surface area contributed by atoms with Crippen molar-refractivity contribution in [2.75, 3.05) is 7.11 Å². The maximum Gasteiger partial charge on any atom is 0.215 e. The van der Waals surface area contributed by atoms with Gasteiger partial charge >= 0.3 is 0 Å². The van der Waals surface area contributed by atoms with Crippen molar-refractivity contribution >= 4 is 15.9 Å². The molecule has 78 valence electrons. The van der Waals surface area contributed by atoms with Crippen molar-refractivity contribution in [3.63, 3.8) is 0 Å². The number of ether oxygens (including phenoxy) is 1. The highest BCUT2D eigenvalue weighted by Gasteiger charge is 2.06. The van der Waals surface area contributed by atoms with Crippen LogP contribution in [0.15, 0.2) is 29.0 Å². The zero-order valence-electron chi connectivity index (χ0n) is 8.44. The Morgan fingerprint density at radius 1 is 1.47 bits per heavy atom. The first-order valence-corrected chi connectivity index (χ1v) is 5.22. The fourth-order valence-electron chi connectivity index (χ4n) is 1.25. The second kappa shape index (κ2) is 4.02. The van der Waals surface area contributed by atoms with Gasteiger partial charge in [-0.1, -0.05) is 0 Å². The first-order chi connectivity index (χ1) is 7.20. The number of aryl methyl sites for hydroxylation is 1. The minimum atomic E-state index is 0.571. The predicted molar refractivity (Wildman–Crippen MR) is 60.3 cm³/mol. The van der Waals surface area contributed by atoms with Gasteiger partial charge in [0.05, 0.1) is 23.0 Å². The van der Waals surface area contributed by atoms with E-state index in [0.717, 1.165) is 15.9 Å². The standard InChI is InChI=1S/C10H10BrN3O/c1-7-3-4-14(13-7)9-5-10(15-2)12-6-8(9)11/h3-6H,1-2H3. The molecule has 2 rings (SSSR count). The highest BCUT2D eigenvalue weighted by atomic mass is 79.9. The van der Waals surface area contributed by atoms with Gasteiger partial charge in [0.15, 0.2) is 0 Å². The second-order valence-electron chi connectivity index (χ2n) is 3.08. The summed E-state index contributed by atoms with van der Waals surface area (Å²) in [6.45, 7) is 1.95. The van der Waals surface area contributed by atoms with Gasteiger partial charge in [0.25, 0.3) is 0 Å². The molecule has 0 radical (unpaired) electrons. The number of hydrogen-bond acceptors (Lipinski definition) is 3. The number of methoxy groups -OCH3 is 1. The zero-order valence-corrected chi connectivity index (χ0v) is 10.0. The number of pyridine rings is 1. The average molecular weight is 268 g/mol. The molecule has 0 fully saturated rings. The third-order valence-corrected chi connectivity index (χ3v) is 2.60. The molecule has 0 bridgehead atoms. The van der Waals surface area contributed by atoms with Crippen LogP contribution >= 0.6 is 15.9 Å². The van der Waals surface area contributed by atoms with Crippen LogP contribution in [-0.4, -0.2) is 21.9 Å². The summed E-state index contributed by atoms with van der Waals surface area (Å²) in [6, 6.07) is 3.77. The molecule has 15 heavy (non-hydrogen) atoms. The molecular weight excluding hydrogens is 258 g/mol. The maximum atomic E-state index is 5.07. The quantitative estimate of drug-likeness (QED) is 0.839. The fraction of sp³-hybridized carbons (Fsp3) is 0.200. The van der Waals surface area contributed by atoms with E-state index in [1.807, 2.05) is 25.3 Å². The summed E-state index contributed by atoms with van der Waals surface area (Å²) in [6.07, 6.45) is 3.60. The summed E-state index contributed by atoms with van der Waals surface area (Å²) >= 11 is 3.43. The number of aromatic nitrogens is 3. The lowest BCUT2D eigenvalue weighted by Crippen LogP contribution is -1.98. The van der Waals surface area contributed by atoms with E-state index in [4.69, 9.17) is 4.74 Å². The van der Waals surface area contributed by atoms with Gasteiger partial charge in [-0.2, -0.15) is 5.10 Å². The lowest BCUT2D eigenvalue weighted by molar-refractivity contribution is 0.397. The van der Waals surface area contributed by atoms with Crippen molar-refractivity contribution in [1.29, 1.82) is 0 Å². The van der Waals surface area contributed by atoms with E-state index in [0.29, 0.717) is 5.88 Å². The van der Waals surface area contributed by atoms with Gasteiger partial charge in [-0.25, -0.2) is 9.67 Å². The van der Waals surface area contributed by atoms with Gasteiger partial charge in [0, 0.05) is 18.5 Å². The van der Waals surface area contributed by atoms with Crippen molar-refractivity contribution in [3.05, 3.63) is 34.7 Å². The molecule has 0 aromatic carbocycles. The first kappa shape index (κ1) is 10.2. The molecule has 2 aromatic heterocycles. The van der Waals surface area contributed by atoms with Crippen molar-refractivity contribution in [2.45, 2.75) is 6.92 Å². The van der Waals surface area contributed by atoms with E-state index >= 15 is 0 Å². The topological polar surface area (TPSA) is 39.9 Å². The average Bonchev–Trinajstić information content (AvgIpc) is 2.65. The van der Waals surface area contributed by atoms with E-state index in [2.05, 4.69) is 26.0 Å². The SMILES string of the molecule is COc1cc(-n2ccc(C)n2)c(Br)cn1. The van der Waals surface area contributed by atoms with Crippen LogP contribution in [0.1, 0.15) is 5.69 Å². The van der Waals surface area contributed by atoms with Gasteiger partial charge in [-0.15, -0.1) is 0 Å². The molecule has 0 saturated carbocycles. The van der Waals surface area contributed by atoms with Gasteiger partial charge in [0.1, 0.15) is 0 Å². The Balaban J connectivity index is 2.51.